The van der Waals surface area contributed by atoms with Crippen LogP contribution >= 0.6 is 23.2 Å². The van der Waals surface area contributed by atoms with Gasteiger partial charge in [-0.2, -0.15) is 0 Å². The number of amides is 1. The van der Waals surface area contributed by atoms with Gasteiger partial charge in [0.15, 0.2) is 0 Å². The van der Waals surface area contributed by atoms with Gasteiger partial charge in [0.1, 0.15) is 5.75 Å². The molecule has 0 aromatic heterocycles. The van der Waals surface area contributed by atoms with E-state index < -0.39 is 6.09 Å². The Hall–Kier alpha value is -1.71. The van der Waals surface area contributed by atoms with Gasteiger partial charge in [-0.05, 0) is 36.2 Å². The molecule has 0 bridgehead atoms. The number of rotatable bonds is 5. The van der Waals surface area contributed by atoms with Crippen molar-refractivity contribution >= 4 is 29.3 Å². The third-order valence-electron chi connectivity index (χ3n) is 2.85. The van der Waals surface area contributed by atoms with E-state index in [1.807, 2.05) is 18.2 Å². The van der Waals surface area contributed by atoms with Gasteiger partial charge in [0.05, 0.1) is 5.38 Å². The van der Waals surface area contributed by atoms with E-state index in [-0.39, 0.29) is 5.38 Å². The molecule has 1 N–H and O–H groups in total. The first-order valence-corrected chi connectivity index (χ1v) is 7.37. The minimum atomic E-state index is -0.485. The van der Waals surface area contributed by atoms with Crippen LogP contribution in [0.15, 0.2) is 54.6 Å². The van der Waals surface area contributed by atoms with E-state index in [4.69, 9.17) is 27.9 Å². The smallest absolute Gasteiger partial charge is 0.410 e. The molecule has 1 atom stereocenters. The van der Waals surface area contributed by atoms with Crippen LogP contribution in [0.5, 0.6) is 5.75 Å². The second-order valence-electron chi connectivity index (χ2n) is 4.44. The van der Waals surface area contributed by atoms with Crippen molar-refractivity contribution in [1.82, 2.24) is 5.32 Å². The van der Waals surface area contributed by atoms with Crippen LogP contribution in [0, 0.1) is 0 Å². The van der Waals surface area contributed by atoms with Crippen molar-refractivity contribution in [3.8, 4) is 5.75 Å². The number of benzene rings is 2. The van der Waals surface area contributed by atoms with Gasteiger partial charge in [-0.3, -0.25) is 0 Å². The Kier molecular flexibility index (Phi) is 5.90. The highest BCUT2D eigenvalue weighted by Gasteiger charge is 2.09. The van der Waals surface area contributed by atoms with Gasteiger partial charge >= 0.3 is 6.09 Å². The first-order chi connectivity index (χ1) is 10.1. The molecule has 5 heteroatoms. The number of nitrogens with one attached hydrogen (secondary N) is 1. The van der Waals surface area contributed by atoms with Crippen LogP contribution in [-0.4, -0.2) is 12.6 Å². The maximum atomic E-state index is 11.6. The summed E-state index contributed by atoms with van der Waals surface area (Å²) >= 11 is 12.1. The Balaban J connectivity index is 1.73. The topological polar surface area (TPSA) is 38.3 Å². The van der Waals surface area contributed by atoms with Gasteiger partial charge in [0, 0.05) is 11.6 Å². The summed E-state index contributed by atoms with van der Waals surface area (Å²) in [6.45, 7) is 0.433. The molecule has 1 unspecified atom stereocenters. The van der Waals surface area contributed by atoms with Crippen LogP contribution < -0.4 is 10.1 Å². The second-order valence-corrected chi connectivity index (χ2v) is 5.40. The van der Waals surface area contributed by atoms with Crippen molar-refractivity contribution in [1.29, 1.82) is 0 Å². The first kappa shape index (κ1) is 15.7. The van der Waals surface area contributed by atoms with Crippen molar-refractivity contribution in [2.24, 2.45) is 0 Å². The van der Waals surface area contributed by atoms with Crippen LogP contribution in [0.3, 0.4) is 0 Å². The average molecular weight is 324 g/mol. The number of ether oxygens (including phenoxy) is 1. The summed E-state index contributed by atoms with van der Waals surface area (Å²) in [6, 6.07) is 16.2. The molecule has 0 saturated carbocycles. The summed E-state index contributed by atoms with van der Waals surface area (Å²) in [6.07, 6.45) is 0.119. The fourth-order valence-corrected chi connectivity index (χ4v) is 2.15. The van der Waals surface area contributed by atoms with Crippen LogP contribution in [0.1, 0.15) is 17.4 Å². The minimum absolute atomic E-state index is 0.181. The van der Waals surface area contributed by atoms with Crippen molar-refractivity contribution in [3.05, 3.63) is 65.2 Å². The summed E-state index contributed by atoms with van der Waals surface area (Å²) in [5, 5.41) is 3.16. The molecule has 0 aliphatic heterocycles. The van der Waals surface area contributed by atoms with Gasteiger partial charge in [-0.25, -0.2) is 4.79 Å². The van der Waals surface area contributed by atoms with Crippen molar-refractivity contribution in [2.45, 2.75) is 11.8 Å². The van der Waals surface area contributed by atoms with Crippen molar-refractivity contribution < 1.29 is 9.53 Å². The molecule has 21 heavy (non-hydrogen) atoms. The number of alkyl halides is 1. The summed E-state index contributed by atoms with van der Waals surface area (Å²) < 4.78 is 5.11. The standard InChI is InChI=1S/C16H15Cl2NO2/c17-13-8-6-12(7-9-13)15(18)10-11-19-16(20)21-14-4-2-1-3-5-14/h1-9,15H,10-11H2,(H,19,20). The Labute approximate surface area is 133 Å². The monoisotopic (exact) mass is 323 g/mol. The summed E-state index contributed by atoms with van der Waals surface area (Å²) in [5.41, 5.74) is 0.972. The Morgan fingerprint density at radius 3 is 2.43 bits per heavy atom. The molecule has 0 aliphatic rings. The van der Waals surface area contributed by atoms with Crippen molar-refractivity contribution in [3.63, 3.8) is 0 Å². The molecule has 1 amide bonds. The third kappa shape index (κ3) is 5.29. The largest absolute Gasteiger partial charge is 0.412 e. The van der Waals surface area contributed by atoms with Gasteiger partial charge in [0.2, 0.25) is 0 Å². The van der Waals surface area contributed by atoms with Crippen molar-refractivity contribution in [2.75, 3.05) is 6.54 Å². The minimum Gasteiger partial charge on any atom is -0.410 e. The van der Waals surface area contributed by atoms with E-state index in [1.165, 1.54) is 0 Å². The lowest BCUT2D eigenvalue weighted by Gasteiger charge is -2.11. The highest BCUT2D eigenvalue weighted by Crippen LogP contribution is 2.24. The van der Waals surface area contributed by atoms with Crippen LogP contribution in [0.4, 0.5) is 4.79 Å². The summed E-state index contributed by atoms with van der Waals surface area (Å²) in [4.78, 5) is 11.6. The second kappa shape index (κ2) is 7.91. The Bertz CT molecular complexity index is 573. The average Bonchev–Trinajstić information content (AvgIpc) is 2.49. The first-order valence-electron chi connectivity index (χ1n) is 6.55. The van der Waals surface area contributed by atoms with E-state index in [0.717, 1.165) is 5.56 Å². The lowest BCUT2D eigenvalue weighted by Crippen LogP contribution is -2.28. The fraction of sp³-hybridized carbons (Fsp3) is 0.188. The SMILES string of the molecule is O=C(NCCC(Cl)c1ccc(Cl)cc1)Oc1ccccc1. The molecular formula is C16H15Cl2NO2. The number of para-hydroxylation sites is 1. The van der Waals surface area contributed by atoms with Gasteiger partial charge in [-0.15, -0.1) is 11.6 Å². The lowest BCUT2D eigenvalue weighted by molar-refractivity contribution is 0.200. The molecule has 110 valence electrons. The highest BCUT2D eigenvalue weighted by atomic mass is 35.5. The zero-order valence-corrected chi connectivity index (χ0v) is 12.8. The molecule has 0 spiro atoms. The Morgan fingerprint density at radius 2 is 1.76 bits per heavy atom. The van der Waals surface area contributed by atoms with Gasteiger partial charge < -0.3 is 10.1 Å². The zero-order valence-electron chi connectivity index (χ0n) is 11.3. The molecule has 0 fully saturated rings. The quantitative estimate of drug-likeness (QED) is 0.803. The summed E-state index contributed by atoms with van der Waals surface area (Å²) in [5.74, 6) is 0.509. The number of hydrogen-bond acceptors (Lipinski definition) is 2. The lowest BCUT2D eigenvalue weighted by atomic mass is 10.1. The highest BCUT2D eigenvalue weighted by molar-refractivity contribution is 6.30. The number of hydrogen-bond donors (Lipinski definition) is 1. The van der Waals surface area contributed by atoms with Crippen LogP contribution in [0.2, 0.25) is 5.02 Å². The maximum Gasteiger partial charge on any atom is 0.412 e. The maximum absolute atomic E-state index is 11.6. The van der Waals surface area contributed by atoms with E-state index in [2.05, 4.69) is 5.32 Å². The molecule has 0 aliphatic carbocycles. The van der Waals surface area contributed by atoms with E-state index in [9.17, 15) is 4.79 Å². The molecular weight excluding hydrogens is 309 g/mol. The van der Waals surface area contributed by atoms with E-state index in [1.54, 1.807) is 36.4 Å². The number of halogens is 2. The number of carbonyl (C=O) groups excluding carboxylic acids is 1. The van der Waals surface area contributed by atoms with Gasteiger partial charge in [0.25, 0.3) is 0 Å². The Morgan fingerprint density at radius 1 is 1.10 bits per heavy atom. The molecule has 2 aromatic carbocycles. The van der Waals surface area contributed by atoms with Gasteiger partial charge in [-0.1, -0.05) is 41.9 Å². The van der Waals surface area contributed by atoms with Crippen LogP contribution in [-0.2, 0) is 0 Å². The molecule has 0 radical (unpaired) electrons. The van der Waals surface area contributed by atoms with E-state index in [0.29, 0.717) is 23.7 Å². The van der Waals surface area contributed by atoms with E-state index >= 15 is 0 Å². The third-order valence-corrected chi connectivity index (χ3v) is 3.57. The van der Waals surface area contributed by atoms with Crippen LogP contribution in [0.25, 0.3) is 0 Å². The predicted octanol–water partition coefficient (Wildman–Crippen LogP) is 4.80. The number of carbonyl (C=O) groups is 1. The molecule has 0 heterocycles. The fourth-order valence-electron chi connectivity index (χ4n) is 1.77. The molecule has 0 saturated heterocycles. The summed E-state index contributed by atoms with van der Waals surface area (Å²) in [7, 11) is 0. The normalized spacial score (nSPS) is 11.7. The zero-order chi connectivity index (χ0) is 15.1. The predicted molar refractivity (Wildman–Crippen MR) is 85.1 cm³/mol. The molecule has 2 rings (SSSR count). The molecule has 3 nitrogen and oxygen atoms in total. The molecule has 2 aromatic rings.